The maximum Gasteiger partial charge on any atom is 0.311 e. The van der Waals surface area contributed by atoms with Crippen molar-refractivity contribution in [3.05, 3.63) is 35.4 Å². The van der Waals surface area contributed by atoms with Gasteiger partial charge < -0.3 is 10.0 Å². The van der Waals surface area contributed by atoms with Gasteiger partial charge >= 0.3 is 5.97 Å². The number of hydrogen-bond acceptors (Lipinski definition) is 2. The molecular weight excluding hydrogens is 266 g/mol. The number of likely N-dealkylation sites (tertiary alicyclic amines) is 1. The number of carbonyl (C=O) groups is 2. The first-order valence-corrected chi connectivity index (χ1v) is 7.58. The summed E-state index contributed by atoms with van der Waals surface area (Å²) in [6.07, 6.45) is 2.97. The minimum atomic E-state index is -0.726. The molecule has 0 aromatic heterocycles. The number of benzene rings is 1. The number of hydrogen-bond donors (Lipinski definition) is 1. The van der Waals surface area contributed by atoms with Crippen molar-refractivity contribution >= 4 is 11.9 Å². The van der Waals surface area contributed by atoms with E-state index in [1.807, 2.05) is 31.2 Å². The second-order valence-electron chi connectivity index (χ2n) is 6.49. The summed E-state index contributed by atoms with van der Waals surface area (Å²) < 4.78 is 0. The zero-order chi connectivity index (χ0) is 15.0. The summed E-state index contributed by atoms with van der Waals surface area (Å²) in [5, 5.41) is 9.56. The van der Waals surface area contributed by atoms with Crippen LogP contribution >= 0.6 is 0 Å². The monoisotopic (exact) mass is 287 g/mol. The summed E-state index contributed by atoms with van der Waals surface area (Å²) in [6.45, 7) is 3.01. The van der Waals surface area contributed by atoms with E-state index >= 15 is 0 Å². The largest absolute Gasteiger partial charge is 0.481 e. The lowest BCUT2D eigenvalue weighted by molar-refractivity contribution is -0.149. The molecule has 21 heavy (non-hydrogen) atoms. The number of aliphatic carboxylic acids is 1. The zero-order valence-corrected chi connectivity index (χ0v) is 12.3. The Labute approximate surface area is 124 Å². The maximum atomic E-state index is 12.4. The van der Waals surface area contributed by atoms with Crippen LogP contribution in [0.15, 0.2) is 24.3 Å². The quantitative estimate of drug-likeness (QED) is 0.927. The highest BCUT2D eigenvalue weighted by Gasteiger charge is 2.55. The minimum absolute atomic E-state index is 0.0499. The van der Waals surface area contributed by atoms with Crippen molar-refractivity contribution in [1.29, 1.82) is 0 Å². The smallest absolute Gasteiger partial charge is 0.311 e. The molecule has 1 saturated carbocycles. The predicted molar refractivity (Wildman–Crippen MR) is 78.9 cm³/mol. The number of aryl methyl sites for hydroxylation is 1. The molecule has 0 bridgehead atoms. The van der Waals surface area contributed by atoms with Crippen LogP contribution in [0.25, 0.3) is 0 Å². The summed E-state index contributed by atoms with van der Waals surface area (Å²) in [6, 6.07) is 7.94. The number of amides is 1. The maximum absolute atomic E-state index is 12.4. The highest BCUT2D eigenvalue weighted by Crippen LogP contribution is 2.48. The molecule has 1 N–H and O–H groups in total. The molecule has 2 atom stereocenters. The van der Waals surface area contributed by atoms with Gasteiger partial charge in [0.25, 0.3) is 0 Å². The summed E-state index contributed by atoms with van der Waals surface area (Å²) in [5.74, 6) is -0.540. The molecule has 1 amide bonds. The van der Waals surface area contributed by atoms with Crippen LogP contribution in [0, 0.1) is 18.3 Å². The van der Waals surface area contributed by atoms with Crippen LogP contribution in [0.2, 0.25) is 0 Å². The zero-order valence-electron chi connectivity index (χ0n) is 12.3. The molecule has 4 heteroatoms. The lowest BCUT2D eigenvalue weighted by atomic mass is 9.81. The number of rotatable bonds is 3. The van der Waals surface area contributed by atoms with Gasteiger partial charge in [-0.1, -0.05) is 36.2 Å². The fourth-order valence-electron chi connectivity index (χ4n) is 3.82. The topological polar surface area (TPSA) is 57.6 Å². The normalized spacial score (nSPS) is 27.7. The molecule has 1 aliphatic heterocycles. The minimum Gasteiger partial charge on any atom is -0.481 e. The third kappa shape index (κ3) is 2.43. The van der Waals surface area contributed by atoms with E-state index in [2.05, 4.69) is 0 Å². The Morgan fingerprint density at radius 2 is 2.05 bits per heavy atom. The molecule has 1 aromatic carbocycles. The van der Waals surface area contributed by atoms with Gasteiger partial charge in [-0.2, -0.15) is 0 Å². The number of fused-ring (bicyclic) bond motifs is 1. The highest BCUT2D eigenvalue weighted by molar-refractivity contribution is 5.82. The summed E-state index contributed by atoms with van der Waals surface area (Å²) in [7, 11) is 0. The Balaban J connectivity index is 1.70. The predicted octanol–water partition coefficient (Wildman–Crippen LogP) is 2.25. The van der Waals surface area contributed by atoms with Crippen LogP contribution in [0.5, 0.6) is 0 Å². The lowest BCUT2D eigenvalue weighted by Crippen LogP contribution is -2.37. The van der Waals surface area contributed by atoms with Gasteiger partial charge in [-0.15, -0.1) is 0 Å². The van der Waals surface area contributed by atoms with Crippen molar-refractivity contribution < 1.29 is 14.7 Å². The van der Waals surface area contributed by atoms with Crippen molar-refractivity contribution in [2.75, 3.05) is 13.1 Å². The Bertz CT molecular complexity index is 566. The van der Waals surface area contributed by atoms with Crippen LogP contribution in [-0.4, -0.2) is 35.0 Å². The number of carbonyl (C=O) groups excluding carboxylic acids is 1. The Morgan fingerprint density at radius 3 is 2.67 bits per heavy atom. The van der Waals surface area contributed by atoms with Crippen molar-refractivity contribution in [3.63, 3.8) is 0 Å². The summed E-state index contributed by atoms with van der Waals surface area (Å²) >= 11 is 0. The molecule has 0 unspecified atom stereocenters. The first-order chi connectivity index (χ1) is 10.0. The molecule has 3 rings (SSSR count). The summed E-state index contributed by atoms with van der Waals surface area (Å²) in [5.41, 5.74) is 1.49. The van der Waals surface area contributed by atoms with E-state index in [0.29, 0.717) is 25.9 Å². The second-order valence-corrected chi connectivity index (χ2v) is 6.49. The van der Waals surface area contributed by atoms with Crippen molar-refractivity contribution in [3.8, 4) is 0 Å². The highest BCUT2D eigenvalue weighted by atomic mass is 16.4. The molecule has 2 aliphatic rings. The first-order valence-electron chi connectivity index (χ1n) is 7.58. The van der Waals surface area contributed by atoms with Gasteiger partial charge in [-0.05, 0) is 31.2 Å². The van der Waals surface area contributed by atoms with Gasteiger partial charge in [0.05, 0.1) is 11.8 Å². The van der Waals surface area contributed by atoms with E-state index in [9.17, 15) is 14.7 Å². The van der Waals surface area contributed by atoms with Crippen molar-refractivity contribution in [2.24, 2.45) is 11.3 Å². The Hall–Kier alpha value is -1.84. The number of nitrogens with zero attached hydrogens (tertiary/aromatic N) is 1. The van der Waals surface area contributed by atoms with E-state index < -0.39 is 11.4 Å². The SMILES string of the molecule is Cc1ccc(CC(=O)N2C[C@@H]3CCC[C@@]3(C(=O)O)C2)cc1. The molecule has 1 aromatic rings. The van der Waals surface area contributed by atoms with Crippen LogP contribution in [-0.2, 0) is 16.0 Å². The fraction of sp³-hybridized carbons (Fsp3) is 0.529. The van der Waals surface area contributed by atoms with Crippen molar-refractivity contribution in [1.82, 2.24) is 4.90 Å². The Kier molecular flexibility index (Phi) is 3.47. The van der Waals surface area contributed by atoms with E-state index in [1.54, 1.807) is 4.90 Å². The summed E-state index contributed by atoms with van der Waals surface area (Å²) in [4.78, 5) is 25.8. The number of carboxylic acids is 1. The molecule has 1 heterocycles. The van der Waals surface area contributed by atoms with Gasteiger partial charge in [-0.3, -0.25) is 9.59 Å². The lowest BCUT2D eigenvalue weighted by Gasteiger charge is -2.23. The molecule has 112 valence electrons. The van der Waals surface area contributed by atoms with Crippen molar-refractivity contribution in [2.45, 2.75) is 32.6 Å². The van der Waals surface area contributed by atoms with Gasteiger partial charge in [0, 0.05) is 13.1 Å². The molecule has 1 aliphatic carbocycles. The Morgan fingerprint density at radius 1 is 1.33 bits per heavy atom. The van der Waals surface area contributed by atoms with Gasteiger partial charge in [0.2, 0.25) is 5.91 Å². The van der Waals surface area contributed by atoms with Gasteiger partial charge in [0.1, 0.15) is 0 Å². The average molecular weight is 287 g/mol. The van der Waals surface area contributed by atoms with Crippen LogP contribution in [0.3, 0.4) is 0 Å². The van der Waals surface area contributed by atoms with Crippen LogP contribution in [0.1, 0.15) is 30.4 Å². The van der Waals surface area contributed by atoms with Gasteiger partial charge in [0.15, 0.2) is 0 Å². The standard InChI is InChI=1S/C17H21NO3/c1-12-4-6-13(7-5-12)9-15(19)18-10-14-3-2-8-17(14,11-18)16(20)21/h4-7,14H,2-3,8-11H2,1H3,(H,20,21)/t14-,17+/m0/s1. The molecule has 1 saturated heterocycles. The molecule has 0 spiro atoms. The first kappa shape index (κ1) is 14.1. The third-order valence-electron chi connectivity index (χ3n) is 5.13. The average Bonchev–Trinajstić information content (AvgIpc) is 2.99. The molecular formula is C17H21NO3. The van der Waals surface area contributed by atoms with Gasteiger partial charge in [-0.25, -0.2) is 0 Å². The molecule has 2 fully saturated rings. The third-order valence-corrected chi connectivity index (χ3v) is 5.13. The van der Waals surface area contributed by atoms with E-state index in [4.69, 9.17) is 0 Å². The fourth-order valence-corrected chi connectivity index (χ4v) is 3.82. The van der Waals surface area contributed by atoms with E-state index in [-0.39, 0.29) is 11.8 Å². The number of carboxylic acid groups (broad SMARTS) is 1. The molecule has 0 radical (unpaired) electrons. The van der Waals surface area contributed by atoms with E-state index in [1.165, 1.54) is 5.56 Å². The van der Waals surface area contributed by atoms with E-state index in [0.717, 1.165) is 18.4 Å². The molecule has 4 nitrogen and oxygen atoms in total. The van der Waals surface area contributed by atoms with Crippen LogP contribution in [0.4, 0.5) is 0 Å². The second kappa shape index (κ2) is 5.17. The van der Waals surface area contributed by atoms with Crippen LogP contribution < -0.4 is 0 Å².